The number of aliphatic hydroxyl groups is 4. The number of hydrogen-bond donors (Lipinski definition) is 12. The Hall–Kier alpha value is -1.58. The maximum atomic E-state index is 12.4. The van der Waals surface area contributed by atoms with E-state index in [0.29, 0.717) is 0 Å². The van der Waals surface area contributed by atoms with Crippen molar-refractivity contribution < 1.29 is 136 Å². The molecular weight excluding hydrogens is 897 g/mol. The lowest BCUT2D eigenvalue weighted by atomic mass is 9.95. The van der Waals surface area contributed by atoms with Gasteiger partial charge in [0.2, 0.25) is 0 Å². The summed E-state index contributed by atoms with van der Waals surface area (Å²) in [5.74, 6) is -2.17. The Morgan fingerprint density at radius 1 is 0.571 bits per heavy atom. The van der Waals surface area contributed by atoms with E-state index in [1.54, 1.807) is 0 Å². The third-order valence-electron chi connectivity index (χ3n) is 7.52. The van der Waals surface area contributed by atoms with Crippen LogP contribution in [0.2, 0.25) is 0 Å². The molecule has 32 nitrogen and oxygen atoms in total. The summed E-state index contributed by atoms with van der Waals surface area (Å²) in [6.07, 6.45) is -32.2. The van der Waals surface area contributed by atoms with Gasteiger partial charge < -0.3 is 54.0 Å². The molecule has 56 heavy (non-hydrogen) atoms. The molecule has 0 aromatic heterocycles. The highest BCUT2D eigenvalue weighted by Crippen LogP contribution is 2.34. The number of methoxy groups -OCH3 is 1. The highest BCUT2D eigenvalue weighted by molar-refractivity contribution is 7.84. The second-order valence-electron chi connectivity index (χ2n) is 11.4. The minimum atomic E-state index is -5.76. The van der Waals surface area contributed by atoms with Crippen LogP contribution in [0.3, 0.4) is 0 Å². The lowest BCUT2D eigenvalue weighted by Gasteiger charge is -2.48. The molecule has 0 aromatic rings. The highest BCUT2D eigenvalue weighted by atomic mass is 32.3. The van der Waals surface area contributed by atoms with E-state index in [2.05, 4.69) is 12.5 Å². The Morgan fingerprint density at radius 2 is 1.05 bits per heavy atom. The zero-order valence-electron chi connectivity index (χ0n) is 27.3. The Labute approximate surface area is 315 Å². The van der Waals surface area contributed by atoms with Crippen LogP contribution < -0.4 is 9.44 Å². The molecule has 3 heterocycles. The first kappa shape index (κ1) is 48.8. The molecule has 3 aliphatic heterocycles. The zero-order chi connectivity index (χ0) is 42.9. The number of ether oxygens (including phenoxy) is 6. The van der Waals surface area contributed by atoms with E-state index in [-0.39, 0.29) is 0 Å². The second kappa shape index (κ2) is 18.4. The standard InChI is InChI=1S/C19H34N2O30S5/c1-43-17-7(21-53(31,32)33)13(51-56(40,41)42)12(5(47-17)3-45-55(37,38)39)48-19-11(25)10(24)14(15(50-19)16(26)27)49-18-6(20-52(28,29)30)9(23)8(22)4(46-18)2-44-54(34,35)36/h4-15,17-25H,2-3H2,1H3,(H,26,27)(H,28,29,30)(H,31,32,33)(H,34,35,36)(H,37,38,39)(H,40,41,42)/t4?,5?,6?,7?,8-,9+,10+,11?,12-,13-,14+,15?,17-,18+,19-/m1/s1. The van der Waals surface area contributed by atoms with Crippen molar-refractivity contribution >= 4 is 57.8 Å². The average molecular weight is 931 g/mol. The largest absolute Gasteiger partial charge is 0.479 e. The smallest absolute Gasteiger partial charge is 0.397 e. The van der Waals surface area contributed by atoms with E-state index in [1.807, 2.05) is 0 Å². The van der Waals surface area contributed by atoms with E-state index >= 15 is 0 Å². The van der Waals surface area contributed by atoms with Gasteiger partial charge in [0, 0.05) is 7.11 Å². The van der Waals surface area contributed by atoms with Gasteiger partial charge in [0.1, 0.15) is 67.0 Å². The number of aliphatic hydroxyl groups excluding tert-OH is 4. The summed E-state index contributed by atoms with van der Waals surface area (Å²) < 4.78 is 208. The molecule has 0 saturated carbocycles. The number of carboxylic acids is 1. The first-order chi connectivity index (χ1) is 25.3. The van der Waals surface area contributed by atoms with Crippen molar-refractivity contribution in [2.24, 2.45) is 0 Å². The maximum absolute atomic E-state index is 12.4. The Kier molecular flexibility index (Phi) is 16.0. The number of hydrogen-bond acceptors (Lipinski definition) is 24. The fourth-order valence-corrected chi connectivity index (χ4v) is 7.66. The minimum absolute atomic E-state index is 0.771. The van der Waals surface area contributed by atoms with Crippen LogP contribution in [0, 0.1) is 0 Å². The van der Waals surface area contributed by atoms with Crippen molar-refractivity contribution in [2.75, 3.05) is 20.3 Å². The number of carbonyl (C=O) groups is 1. The van der Waals surface area contributed by atoms with Gasteiger partial charge in [-0.1, -0.05) is 0 Å². The van der Waals surface area contributed by atoms with Crippen molar-refractivity contribution in [3.05, 3.63) is 0 Å². The first-order valence-electron chi connectivity index (χ1n) is 14.4. The summed E-state index contributed by atoms with van der Waals surface area (Å²) in [6.45, 7) is -2.80. The minimum Gasteiger partial charge on any atom is -0.479 e. The molecule has 0 bridgehead atoms. The van der Waals surface area contributed by atoms with E-state index in [0.717, 1.165) is 7.11 Å². The van der Waals surface area contributed by atoms with Gasteiger partial charge in [-0.25, -0.2) is 17.3 Å². The van der Waals surface area contributed by atoms with Crippen LogP contribution in [0.5, 0.6) is 0 Å². The molecule has 3 aliphatic rings. The molecule has 3 saturated heterocycles. The third-order valence-corrected chi connectivity index (χ3v) is 9.99. The molecule has 0 aromatic carbocycles. The summed E-state index contributed by atoms with van der Waals surface area (Å²) in [5, 5.41) is 52.9. The predicted octanol–water partition coefficient (Wildman–Crippen LogP) is -8.55. The van der Waals surface area contributed by atoms with Crippen molar-refractivity contribution in [3.8, 4) is 0 Å². The molecule has 3 fully saturated rings. The van der Waals surface area contributed by atoms with Gasteiger partial charge in [0.15, 0.2) is 25.0 Å². The molecule has 3 rings (SSSR count). The van der Waals surface area contributed by atoms with Crippen LogP contribution >= 0.6 is 0 Å². The maximum Gasteiger partial charge on any atom is 0.397 e. The quantitative estimate of drug-likeness (QED) is 0.0568. The normalized spacial score (nSPS) is 37.9. The summed E-state index contributed by atoms with van der Waals surface area (Å²) >= 11 is 0. The fraction of sp³-hybridized carbons (Fsp3) is 0.947. The van der Waals surface area contributed by atoms with Gasteiger partial charge in [0.05, 0.1) is 13.2 Å². The number of carboxylic acid groups (broad SMARTS) is 1. The molecular formula is C19H34N2O30S5. The fourth-order valence-electron chi connectivity index (χ4n) is 5.35. The monoisotopic (exact) mass is 930 g/mol. The molecule has 330 valence electrons. The molecule has 12 N–H and O–H groups in total. The van der Waals surface area contributed by atoms with E-state index < -0.39 is 163 Å². The van der Waals surface area contributed by atoms with Gasteiger partial charge >= 0.3 is 57.8 Å². The first-order valence-corrected chi connectivity index (χ1v) is 21.4. The van der Waals surface area contributed by atoms with E-state index in [4.69, 9.17) is 37.5 Å². The lowest BCUT2D eigenvalue weighted by Crippen LogP contribution is -2.70. The van der Waals surface area contributed by atoms with Gasteiger partial charge in [-0.2, -0.15) is 51.5 Å². The topological polar surface area (TPSA) is 497 Å². The number of rotatable bonds is 18. The molecule has 6 unspecified atom stereocenters. The molecule has 0 amide bonds. The summed E-state index contributed by atoms with van der Waals surface area (Å²) in [4.78, 5) is 12.4. The van der Waals surface area contributed by atoms with Crippen molar-refractivity contribution in [2.45, 2.75) is 92.0 Å². The van der Waals surface area contributed by atoms with Crippen LogP contribution in [0.15, 0.2) is 0 Å². The Morgan fingerprint density at radius 3 is 1.52 bits per heavy atom. The Bertz CT molecular complexity index is 1930. The molecule has 37 heteroatoms. The van der Waals surface area contributed by atoms with Crippen molar-refractivity contribution in [3.63, 3.8) is 0 Å². The molecule has 0 aliphatic carbocycles. The number of aliphatic carboxylic acids is 1. The predicted molar refractivity (Wildman–Crippen MR) is 163 cm³/mol. The van der Waals surface area contributed by atoms with Crippen LogP contribution in [-0.4, -0.2) is 209 Å². The van der Waals surface area contributed by atoms with Gasteiger partial charge in [-0.05, 0) is 0 Å². The van der Waals surface area contributed by atoms with Gasteiger partial charge in [-0.15, -0.1) is 0 Å². The Balaban J connectivity index is 2.05. The SMILES string of the molecule is CO[C@@H]1OC(COS(=O)(=O)O)[C@@H](O[C@@H]2OC(C(=O)O)[C@@H](O[C@@H]3OC(COS(=O)(=O)O)[C@@H](O)[C@@H](O)C3NS(=O)(=O)O)[C@@H](O)C2O)[C@H](OS(=O)(=O)O)C1NS(=O)(=O)O. The van der Waals surface area contributed by atoms with Crippen LogP contribution in [0.25, 0.3) is 0 Å². The van der Waals surface area contributed by atoms with Crippen molar-refractivity contribution in [1.29, 1.82) is 0 Å². The lowest BCUT2D eigenvalue weighted by molar-refractivity contribution is -0.360. The third kappa shape index (κ3) is 14.0. The zero-order valence-corrected chi connectivity index (χ0v) is 31.3. The van der Waals surface area contributed by atoms with Crippen LogP contribution in [0.1, 0.15) is 0 Å². The molecule has 15 atom stereocenters. The second-order valence-corrected chi connectivity index (χ2v) is 17.0. The van der Waals surface area contributed by atoms with Crippen molar-refractivity contribution in [1.82, 2.24) is 9.44 Å². The average Bonchev–Trinajstić information content (AvgIpc) is 3.01. The highest BCUT2D eigenvalue weighted by Gasteiger charge is 2.57. The molecule has 0 radical (unpaired) electrons. The van der Waals surface area contributed by atoms with E-state index in [1.165, 1.54) is 9.44 Å². The van der Waals surface area contributed by atoms with Gasteiger partial charge in [0.25, 0.3) is 0 Å². The summed E-state index contributed by atoms with van der Waals surface area (Å²) in [5.41, 5.74) is 0. The summed E-state index contributed by atoms with van der Waals surface area (Å²) in [7, 11) is -26.5. The van der Waals surface area contributed by atoms with Gasteiger partial charge in [-0.3, -0.25) is 22.8 Å². The molecule has 0 spiro atoms. The number of nitrogens with one attached hydrogen (secondary N) is 2. The van der Waals surface area contributed by atoms with Crippen LogP contribution in [0.4, 0.5) is 0 Å². The van der Waals surface area contributed by atoms with E-state index in [9.17, 15) is 86.1 Å². The summed E-state index contributed by atoms with van der Waals surface area (Å²) in [6, 6.07) is -4.73. The van der Waals surface area contributed by atoms with Crippen LogP contribution in [-0.2, 0) is 97.6 Å².